The molecule has 1 aliphatic carbocycles. The zero-order valence-corrected chi connectivity index (χ0v) is 17.5. The normalized spacial score (nSPS) is 22.1. The van der Waals surface area contributed by atoms with Crippen LogP contribution in [0.2, 0.25) is 0 Å². The summed E-state index contributed by atoms with van der Waals surface area (Å²) in [6, 6.07) is 0.557. The van der Waals surface area contributed by atoms with Gasteiger partial charge in [0.15, 0.2) is 5.96 Å². The molecule has 1 saturated carbocycles. The maximum absolute atomic E-state index is 12.1. The van der Waals surface area contributed by atoms with Crippen LogP contribution in [-0.4, -0.2) is 81.8 Å². The van der Waals surface area contributed by atoms with Crippen LogP contribution in [0.3, 0.4) is 0 Å². The summed E-state index contributed by atoms with van der Waals surface area (Å²) < 4.78 is 27.0. The minimum Gasteiger partial charge on any atom is -0.357 e. The third-order valence-electron chi connectivity index (χ3n) is 5.56. The van der Waals surface area contributed by atoms with Crippen molar-refractivity contribution >= 4 is 16.0 Å². The first kappa shape index (κ1) is 21.4. The first-order chi connectivity index (χ1) is 12.5. The number of nitrogens with one attached hydrogen (secondary N) is 2. The SMILES string of the molecule is CCNC(=NCCS(=O)(=O)NCC1CCC1)N1CCC(N(CC)CC)C1. The van der Waals surface area contributed by atoms with Crippen molar-refractivity contribution in [1.82, 2.24) is 19.8 Å². The van der Waals surface area contributed by atoms with Gasteiger partial charge in [0.1, 0.15) is 0 Å². The van der Waals surface area contributed by atoms with E-state index in [9.17, 15) is 8.42 Å². The highest BCUT2D eigenvalue weighted by atomic mass is 32.2. The molecule has 2 fully saturated rings. The van der Waals surface area contributed by atoms with Crippen molar-refractivity contribution in [2.45, 2.75) is 52.5 Å². The molecule has 0 bridgehead atoms. The lowest BCUT2D eigenvalue weighted by Crippen LogP contribution is -2.43. The molecule has 0 spiro atoms. The predicted octanol–water partition coefficient (Wildman–Crippen LogP) is 1.09. The van der Waals surface area contributed by atoms with Crippen LogP contribution in [0.5, 0.6) is 0 Å². The molecule has 7 nitrogen and oxygen atoms in total. The molecule has 2 rings (SSSR count). The smallest absolute Gasteiger partial charge is 0.213 e. The van der Waals surface area contributed by atoms with Crippen molar-refractivity contribution in [3.63, 3.8) is 0 Å². The third-order valence-corrected chi connectivity index (χ3v) is 6.89. The van der Waals surface area contributed by atoms with Crippen molar-refractivity contribution in [2.24, 2.45) is 10.9 Å². The van der Waals surface area contributed by atoms with E-state index in [4.69, 9.17) is 0 Å². The lowest BCUT2D eigenvalue weighted by molar-refractivity contribution is 0.223. The maximum Gasteiger partial charge on any atom is 0.213 e. The van der Waals surface area contributed by atoms with E-state index in [0.29, 0.717) is 25.0 Å². The standard InChI is InChI=1S/C18H37N5O2S/c1-4-19-18(23-12-10-17(15-23)22(5-2)6-3)20-11-13-26(24,25)21-14-16-8-7-9-16/h16-17,21H,4-15H2,1-3H3,(H,19,20). The summed E-state index contributed by atoms with van der Waals surface area (Å²) in [5.41, 5.74) is 0. The Bertz CT molecular complexity index is 544. The molecule has 0 aromatic heterocycles. The van der Waals surface area contributed by atoms with Crippen LogP contribution in [0.15, 0.2) is 4.99 Å². The maximum atomic E-state index is 12.1. The Morgan fingerprint density at radius 2 is 1.92 bits per heavy atom. The minimum atomic E-state index is -3.23. The van der Waals surface area contributed by atoms with Crippen LogP contribution in [0.1, 0.15) is 46.5 Å². The number of nitrogens with zero attached hydrogens (tertiary/aromatic N) is 3. The average Bonchev–Trinajstić information content (AvgIpc) is 3.03. The summed E-state index contributed by atoms with van der Waals surface area (Å²) in [6.45, 7) is 12.2. The molecule has 2 N–H and O–H groups in total. The first-order valence-corrected chi connectivity index (χ1v) is 11.9. The number of likely N-dealkylation sites (tertiary alicyclic amines) is 1. The molecule has 26 heavy (non-hydrogen) atoms. The highest BCUT2D eigenvalue weighted by Gasteiger charge is 2.28. The van der Waals surface area contributed by atoms with Gasteiger partial charge in [0.05, 0.1) is 12.3 Å². The molecule has 1 saturated heterocycles. The summed E-state index contributed by atoms with van der Waals surface area (Å²) in [5.74, 6) is 1.44. The molecule has 1 atom stereocenters. The highest BCUT2D eigenvalue weighted by molar-refractivity contribution is 7.89. The van der Waals surface area contributed by atoms with Crippen molar-refractivity contribution in [3.8, 4) is 0 Å². The molecule has 0 amide bonds. The van der Waals surface area contributed by atoms with Crippen LogP contribution in [0.25, 0.3) is 0 Å². The number of likely N-dealkylation sites (N-methyl/N-ethyl adjacent to an activating group) is 1. The second-order valence-corrected chi connectivity index (χ2v) is 9.24. The Morgan fingerprint density at radius 3 is 2.50 bits per heavy atom. The van der Waals surface area contributed by atoms with Crippen LogP contribution < -0.4 is 10.0 Å². The molecular weight excluding hydrogens is 350 g/mol. The quantitative estimate of drug-likeness (QED) is 0.433. The van der Waals surface area contributed by atoms with E-state index in [1.54, 1.807) is 0 Å². The fourth-order valence-electron chi connectivity index (χ4n) is 3.68. The van der Waals surface area contributed by atoms with Gasteiger partial charge in [-0.05, 0) is 45.2 Å². The first-order valence-electron chi connectivity index (χ1n) is 10.2. The van der Waals surface area contributed by atoms with Gasteiger partial charge in [-0.25, -0.2) is 13.1 Å². The van der Waals surface area contributed by atoms with Gasteiger partial charge in [-0.3, -0.25) is 9.89 Å². The van der Waals surface area contributed by atoms with Gasteiger partial charge in [-0.2, -0.15) is 0 Å². The van der Waals surface area contributed by atoms with E-state index in [-0.39, 0.29) is 5.75 Å². The van der Waals surface area contributed by atoms with Gasteiger partial charge in [0.25, 0.3) is 0 Å². The predicted molar refractivity (Wildman–Crippen MR) is 108 cm³/mol. The lowest BCUT2D eigenvalue weighted by atomic mass is 9.86. The molecule has 2 aliphatic rings. The van der Waals surface area contributed by atoms with Crippen LogP contribution in [0, 0.1) is 5.92 Å². The Hall–Kier alpha value is -0.860. The Kier molecular flexibility index (Phi) is 8.63. The van der Waals surface area contributed by atoms with Crippen LogP contribution in [-0.2, 0) is 10.0 Å². The summed E-state index contributed by atoms with van der Waals surface area (Å²) in [5, 5.41) is 3.32. The summed E-state index contributed by atoms with van der Waals surface area (Å²) in [7, 11) is -3.23. The number of hydrogen-bond acceptors (Lipinski definition) is 4. The molecular formula is C18H37N5O2S. The van der Waals surface area contributed by atoms with Gasteiger partial charge in [0.2, 0.25) is 10.0 Å². The van der Waals surface area contributed by atoms with Crippen LogP contribution in [0.4, 0.5) is 0 Å². The van der Waals surface area contributed by atoms with Gasteiger partial charge < -0.3 is 10.2 Å². The average molecular weight is 388 g/mol. The topological polar surface area (TPSA) is 77.0 Å². The second-order valence-electron chi connectivity index (χ2n) is 7.31. The number of hydrogen-bond donors (Lipinski definition) is 2. The van der Waals surface area contributed by atoms with Crippen LogP contribution >= 0.6 is 0 Å². The van der Waals surface area contributed by atoms with E-state index in [1.165, 1.54) is 6.42 Å². The van der Waals surface area contributed by atoms with Gasteiger partial charge in [-0.1, -0.05) is 20.3 Å². The van der Waals surface area contributed by atoms with E-state index >= 15 is 0 Å². The summed E-state index contributed by atoms with van der Waals surface area (Å²) in [6.07, 6.45) is 4.65. The minimum absolute atomic E-state index is 0.0575. The number of aliphatic imine (C=N–C) groups is 1. The fourth-order valence-corrected chi connectivity index (χ4v) is 4.65. The number of sulfonamides is 1. The largest absolute Gasteiger partial charge is 0.357 e. The van der Waals surface area contributed by atoms with Crippen molar-refractivity contribution in [2.75, 3.05) is 51.6 Å². The molecule has 0 aromatic rings. The van der Waals surface area contributed by atoms with Crippen molar-refractivity contribution < 1.29 is 8.42 Å². The third kappa shape index (κ3) is 6.39. The fraction of sp³-hybridized carbons (Fsp3) is 0.944. The Morgan fingerprint density at radius 1 is 1.19 bits per heavy atom. The molecule has 8 heteroatoms. The molecule has 0 aromatic carbocycles. The molecule has 152 valence electrons. The number of rotatable bonds is 10. The lowest BCUT2D eigenvalue weighted by Gasteiger charge is -2.27. The molecule has 1 unspecified atom stereocenters. The zero-order chi connectivity index (χ0) is 19.0. The second kappa shape index (κ2) is 10.5. The molecule has 1 aliphatic heterocycles. The van der Waals surface area contributed by atoms with Crippen molar-refractivity contribution in [3.05, 3.63) is 0 Å². The monoisotopic (exact) mass is 387 g/mol. The van der Waals surface area contributed by atoms with E-state index in [0.717, 1.165) is 57.9 Å². The Balaban J connectivity index is 1.84. The van der Waals surface area contributed by atoms with E-state index < -0.39 is 10.0 Å². The summed E-state index contributed by atoms with van der Waals surface area (Å²) in [4.78, 5) is 9.33. The summed E-state index contributed by atoms with van der Waals surface area (Å²) >= 11 is 0. The molecule has 1 heterocycles. The van der Waals surface area contributed by atoms with Gasteiger partial charge >= 0.3 is 0 Å². The zero-order valence-electron chi connectivity index (χ0n) is 16.7. The van der Waals surface area contributed by atoms with Gasteiger partial charge in [0, 0.05) is 32.2 Å². The van der Waals surface area contributed by atoms with Gasteiger partial charge in [-0.15, -0.1) is 0 Å². The van der Waals surface area contributed by atoms with E-state index in [2.05, 4.69) is 38.7 Å². The number of guanidine groups is 1. The van der Waals surface area contributed by atoms with Crippen molar-refractivity contribution in [1.29, 1.82) is 0 Å². The Labute approximate surface area is 159 Å². The highest BCUT2D eigenvalue weighted by Crippen LogP contribution is 2.25. The molecule has 0 radical (unpaired) electrons. The van der Waals surface area contributed by atoms with E-state index in [1.807, 2.05) is 6.92 Å².